The molecule has 0 radical (unpaired) electrons. The molecule has 0 aromatic carbocycles. The molecule has 130 valence electrons. The van der Waals surface area contributed by atoms with E-state index in [0.717, 1.165) is 6.92 Å². The number of anilines is 2. The lowest BCUT2D eigenvalue weighted by Crippen LogP contribution is -2.34. The minimum absolute atomic E-state index is 0.00558. The molecule has 0 spiro atoms. The van der Waals surface area contributed by atoms with Crippen LogP contribution in [-0.4, -0.2) is 38.2 Å². The van der Waals surface area contributed by atoms with Gasteiger partial charge in [-0.1, -0.05) is 17.6 Å². The van der Waals surface area contributed by atoms with Gasteiger partial charge in [0.1, 0.15) is 16.9 Å². The molecule has 2 heterocycles. The standard InChI is InChI=1S/C14H16ClF3N6/c1-7(2)19-12-22-11(9-5-4-6-10(15)21-9)23-13(24-12)20-8(3)14(16,17)18/h4-8H,1-3H3,(H2,19,20,22,23,24)/t8-/m1/s1/i4D. The van der Waals surface area contributed by atoms with E-state index in [1.807, 2.05) is 13.8 Å². The van der Waals surface area contributed by atoms with Crippen LogP contribution in [-0.2, 0) is 0 Å². The zero-order valence-corrected chi connectivity index (χ0v) is 13.9. The van der Waals surface area contributed by atoms with Crippen molar-refractivity contribution >= 4 is 23.5 Å². The van der Waals surface area contributed by atoms with E-state index in [1.165, 1.54) is 12.1 Å². The van der Waals surface area contributed by atoms with Crippen molar-refractivity contribution in [3.8, 4) is 11.5 Å². The molecule has 6 nitrogen and oxygen atoms in total. The maximum atomic E-state index is 12.8. The van der Waals surface area contributed by atoms with E-state index in [0.29, 0.717) is 0 Å². The van der Waals surface area contributed by atoms with Crippen LogP contribution in [0.4, 0.5) is 25.1 Å². The fourth-order valence-electron chi connectivity index (χ4n) is 1.64. The summed E-state index contributed by atoms with van der Waals surface area (Å²) in [5, 5.41) is 5.16. The monoisotopic (exact) mass is 361 g/mol. The van der Waals surface area contributed by atoms with E-state index in [9.17, 15) is 13.2 Å². The molecule has 2 aromatic heterocycles. The Morgan fingerprint density at radius 2 is 1.67 bits per heavy atom. The lowest BCUT2D eigenvalue weighted by Gasteiger charge is -2.18. The van der Waals surface area contributed by atoms with Crippen molar-refractivity contribution in [2.75, 3.05) is 10.6 Å². The average molecular weight is 362 g/mol. The summed E-state index contributed by atoms with van der Waals surface area (Å²) < 4.78 is 46.0. The molecule has 0 amide bonds. The fraction of sp³-hybridized carbons (Fsp3) is 0.429. The second kappa shape index (κ2) is 7.16. The Kier molecular flexibility index (Phi) is 4.98. The number of halogens is 4. The summed E-state index contributed by atoms with van der Waals surface area (Å²) in [6, 6.07) is 0.852. The van der Waals surface area contributed by atoms with Crippen molar-refractivity contribution in [3.63, 3.8) is 0 Å². The van der Waals surface area contributed by atoms with Gasteiger partial charge >= 0.3 is 6.18 Å². The van der Waals surface area contributed by atoms with Crippen molar-refractivity contribution in [2.24, 2.45) is 0 Å². The minimum atomic E-state index is -4.46. The van der Waals surface area contributed by atoms with E-state index in [-0.39, 0.29) is 40.7 Å². The summed E-state index contributed by atoms with van der Waals surface area (Å²) >= 11 is 5.83. The number of pyridine rings is 1. The highest BCUT2D eigenvalue weighted by Gasteiger charge is 2.36. The van der Waals surface area contributed by atoms with Crippen LogP contribution in [0.15, 0.2) is 18.2 Å². The highest BCUT2D eigenvalue weighted by Crippen LogP contribution is 2.24. The summed E-state index contributed by atoms with van der Waals surface area (Å²) in [7, 11) is 0. The van der Waals surface area contributed by atoms with Crippen LogP contribution in [0, 0.1) is 0 Å². The predicted octanol–water partition coefficient (Wildman–Crippen LogP) is 3.77. The first-order chi connectivity index (χ1) is 11.5. The predicted molar refractivity (Wildman–Crippen MR) is 86.0 cm³/mol. The van der Waals surface area contributed by atoms with Gasteiger partial charge in [-0.3, -0.25) is 0 Å². The highest BCUT2D eigenvalue weighted by molar-refractivity contribution is 6.29. The molecule has 0 bridgehead atoms. The third kappa shape index (κ3) is 4.92. The topological polar surface area (TPSA) is 75.6 Å². The molecule has 0 unspecified atom stereocenters. The van der Waals surface area contributed by atoms with Gasteiger partial charge in [0, 0.05) is 6.04 Å². The summed E-state index contributed by atoms with van der Waals surface area (Å²) in [6.45, 7) is 4.61. The third-order valence-electron chi connectivity index (χ3n) is 2.77. The zero-order chi connectivity index (χ0) is 18.8. The maximum absolute atomic E-state index is 12.8. The Hall–Kier alpha value is -2.16. The molecule has 2 rings (SSSR count). The minimum Gasteiger partial charge on any atom is -0.352 e. The maximum Gasteiger partial charge on any atom is 0.408 e. The normalized spacial score (nSPS) is 13.6. The van der Waals surface area contributed by atoms with Crippen LogP contribution in [0.5, 0.6) is 0 Å². The first kappa shape index (κ1) is 16.7. The smallest absolute Gasteiger partial charge is 0.352 e. The fourth-order valence-corrected chi connectivity index (χ4v) is 1.79. The lowest BCUT2D eigenvalue weighted by atomic mass is 10.3. The van der Waals surface area contributed by atoms with E-state index < -0.39 is 12.2 Å². The van der Waals surface area contributed by atoms with E-state index >= 15 is 0 Å². The summed E-state index contributed by atoms with van der Waals surface area (Å²) in [5.41, 5.74) is 0.161. The largest absolute Gasteiger partial charge is 0.408 e. The Bertz CT molecular complexity index is 736. The Labute approximate surface area is 143 Å². The second-order valence-corrected chi connectivity index (χ2v) is 5.68. The van der Waals surface area contributed by atoms with Gasteiger partial charge in [-0.15, -0.1) is 0 Å². The third-order valence-corrected chi connectivity index (χ3v) is 2.96. The molecular weight excluding hydrogens is 345 g/mol. The van der Waals surface area contributed by atoms with E-state index in [4.69, 9.17) is 13.0 Å². The Balaban J connectivity index is 2.46. The summed E-state index contributed by atoms with van der Waals surface area (Å²) in [6.07, 6.45) is -4.46. The molecular formula is C14H16ClF3N6. The molecule has 0 aliphatic heterocycles. The van der Waals surface area contributed by atoms with Crippen molar-refractivity contribution in [1.82, 2.24) is 19.9 Å². The first-order valence-corrected chi connectivity index (χ1v) is 7.43. The van der Waals surface area contributed by atoms with Crippen molar-refractivity contribution in [3.05, 3.63) is 23.3 Å². The molecule has 1 atom stereocenters. The van der Waals surface area contributed by atoms with Gasteiger partial charge in [0.25, 0.3) is 0 Å². The van der Waals surface area contributed by atoms with Gasteiger partial charge in [-0.05, 0) is 32.9 Å². The summed E-state index contributed by atoms with van der Waals surface area (Å²) in [4.78, 5) is 16.1. The van der Waals surface area contributed by atoms with Crippen LogP contribution in [0.3, 0.4) is 0 Å². The number of aromatic nitrogens is 4. The van der Waals surface area contributed by atoms with E-state index in [1.54, 1.807) is 0 Å². The van der Waals surface area contributed by atoms with Crippen molar-refractivity contribution < 1.29 is 14.5 Å². The first-order valence-electron chi connectivity index (χ1n) is 7.55. The molecule has 0 aliphatic rings. The number of rotatable bonds is 5. The highest BCUT2D eigenvalue weighted by atomic mass is 35.5. The van der Waals surface area contributed by atoms with Crippen LogP contribution >= 0.6 is 11.6 Å². The number of nitrogens with zero attached hydrogens (tertiary/aromatic N) is 4. The molecule has 0 saturated heterocycles. The molecule has 2 aromatic rings. The zero-order valence-electron chi connectivity index (χ0n) is 14.1. The van der Waals surface area contributed by atoms with Gasteiger partial charge in [0.2, 0.25) is 11.9 Å². The van der Waals surface area contributed by atoms with Gasteiger partial charge < -0.3 is 10.6 Å². The van der Waals surface area contributed by atoms with Gasteiger partial charge in [-0.25, -0.2) is 4.98 Å². The number of nitrogens with one attached hydrogen (secondary N) is 2. The molecule has 2 N–H and O–H groups in total. The van der Waals surface area contributed by atoms with Crippen molar-refractivity contribution in [1.29, 1.82) is 0 Å². The molecule has 0 aliphatic carbocycles. The SMILES string of the molecule is [2H]c1cc(Cl)nc(-c2nc(NC(C)C)nc(N[C@H](C)C(F)(F)F)n2)c1. The van der Waals surface area contributed by atoms with Crippen LogP contribution in [0.25, 0.3) is 11.5 Å². The second-order valence-electron chi connectivity index (χ2n) is 5.29. The quantitative estimate of drug-likeness (QED) is 0.789. The molecule has 24 heavy (non-hydrogen) atoms. The Morgan fingerprint density at radius 1 is 1.04 bits per heavy atom. The van der Waals surface area contributed by atoms with Crippen molar-refractivity contribution in [2.45, 2.75) is 39.0 Å². The number of hydrogen-bond donors (Lipinski definition) is 2. The molecule has 10 heteroatoms. The van der Waals surface area contributed by atoms with Gasteiger partial charge in [-0.2, -0.15) is 28.1 Å². The number of hydrogen-bond acceptors (Lipinski definition) is 6. The lowest BCUT2D eigenvalue weighted by molar-refractivity contribution is -0.138. The molecule has 0 saturated carbocycles. The number of alkyl halides is 3. The average Bonchev–Trinajstić information content (AvgIpc) is 2.44. The van der Waals surface area contributed by atoms with Crippen LogP contribution < -0.4 is 10.6 Å². The van der Waals surface area contributed by atoms with Crippen LogP contribution in [0.2, 0.25) is 5.15 Å². The summed E-state index contributed by atoms with van der Waals surface area (Å²) in [5.74, 6) is -0.164. The molecule has 0 fully saturated rings. The van der Waals surface area contributed by atoms with Crippen LogP contribution in [0.1, 0.15) is 22.1 Å². The van der Waals surface area contributed by atoms with E-state index in [2.05, 4.69) is 30.6 Å². The Morgan fingerprint density at radius 3 is 2.21 bits per heavy atom. The van der Waals surface area contributed by atoms with Gasteiger partial charge in [0.05, 0.1) is 1.37 Å². The van der Waals surface area contributed by atoms with Gasteiger partial charge in [0.15, 0.2) is 5.82 Å².